The molecule has 1 N–H and O–H groups in total. The van der Waals surface area contributed by atoms with E-state index in [1.54, 1.807) is 0 Å². The number of thioether (sulfide) groups is 1. The van der Waals surface area contributed by atoms with Crippen molar-refractivity contribution in [1.82, 2.24) is 4.90 Å². The number of hydrogen-bond donors (Lipinski definition) is 1. The van der Waals surface area contributed by atoms with Crippen molar-refractivity contribution in [3.05, 3.63) is 35.9 Å². The molecular formula is C15H21NO2S. The lowest BCUT2D eigenvalue weighted by Gasteiger charge is -2.15. The van der Waals surface area contributed by atoms with Crippen LogP contribution in [0.5, 0.6) is 0 Å². The van der Waals surface area contributed by atoms with Crippen molar-refractivity contribution in [1.29, 1.82) is 0 Å². The first kappa shape index (κ1) is 14.4. The van der Waals surface area contributed by atoms with Crippen molar-refractivity contribution >= 4 is 17.7 Å². The SMILES string of the molecule is CSCCCN1C[C@@H](C(=O)O)[C@H](c2ccccc2)C1. The fraction of sp³-hybridized carbons (Fsp3) is 0.533. The van der Waals surface area contributed by atoms with Crippen LogP contribution in [0.4, 0.5) is 0 Å². The van der Waals surface area contributed by atoms with Crippen LogP contribution >= 0.6 is 11.8 Å². The van der Waals surface area contributed by atoms with E-state index in [-0.39, 0.29) is 11.8 Å². The van der Waals surface area contributed by atoms with Gasteiger partial charge in [0.25, 0.3) is 0 Å². The molecule has 0 aromatic heterocycles. The van der Waals surface area contributed by atoms with Crippen LogP contribution in [-0.2, 0) is 4.79 Å². The van der Waals surface area contributed by atoms with Crippen LogP contribution in [0.25, 0.3) is 0 Å². The second-order valence-corrected chi connectivity index (χ2v) is 6.05. The van der Waals surface area contributed by atoms with Gasteiger partial charge in [-0.25, -0.2) is 0 Å². The molecule has 1 heterocycles. The lowest BCUT2D eigenvalue weighted by Crippen LogP contribution is -2.24. The second-order valence-electron chi connectivity index (χ2n) is 5.07. The maximum atomic E-state index is 11.4. The lowest BCUT2D eigenvalue weighted by atomic mass is 9.89. The number of aliphatic carboxylic acids is 1. The molecule has 104 valence electrons. The summed E-state index contributed by atoms with van der Waals surface area (Å²) in [5.41, 5.74) is 1.15. The molecule has 1 aliphatic rings. The number of hydrogen-bond acceptors (Lipinski definition) is 3. The van der Waals surface area contributed by atoms with Crippen LogP contribution < -0.4 is 0 Å². The van der Waals surface area contributed by atoms with Gasteiger partial charge in [-0.3, -0.25) is 4.79 Å². The number of carboxylic acid groups (broad SMARTS) is 1. The van der Waals surface area contributed by atoms with Crippen LogP contribution in [0, 0.1) is 5.92 Å². The molecule has 1 saturated heterocycles. The van der Waals surface area contributed by atoms with Gasteiger partial charge in [0.15, 0.2) is 0 Å². The van der Waals surface area contributed by atoms with Crippen LogP contribution in [0.1, 0.15) is 17.9 Å². The van der Waals surface area contributed by atoms with E-state index in [2.05, 4.69) is 11.2 Å². The molecule has 0 bridgehead atoms. The summed E-state index contributed by atoms with van der Waals surface area (Å²) >= 11 is 1.85. The normalized spacial score (nSPS) is 23.6. The van der Waals surface area contributed by atoms with Crippen molar-refractivity contribution in [2.45, 2.75) is 12.3 Å². The quantitative estimate of drug-likeness (QED) is 0.812. The van der Waals surface area contributed by atoms with Gasteiger partial charge < -0.3 is 10.0 Å². The minimum absolute atomic E-state index is 0.132. The summed E-state index contributed by atoms with van der Waals surface area (Å²) in [6.07, 6.45) is 3.24. The fourth-order valence-corrected chi connectivity index (χ4v) is 3.21. The summed E-state index contributed by atoms with van der Waals surface area (Å²) in [4.78, 5) is 13.7. The number of carbonyl (C=O) groups is 1. The standard InChI is InChI=1S/C15H21NO2S/c1-19-9-5-8-16-10-13(14(11-16)15(17)18)12-6-3-2-4-7-12/h2-4,6-7,13-14H,5,8-11H2,1H3,(H,17,18)/t13-,14+/m0/s1. The van der Waals surface area contributed by atoms with Gasteiger partial charge in [-0.1, -0.05) is 30.3 Å². The molecule has 3 nitrogen and oxygen atoms in total. The molecule has 1 aliphatic heterocycles. The van der Waals surface area contributed by atoms with E-state index in [4.69, 9.17) is 0 Å². The summed E-state index contributed by atoms with van der Waals surface area (Å²) in [5.74, 6) is 0.343. The highest BCUT2D eigenvalue weighted by Gasteiger charge is 2.37. The summed E-state index contributed by atoms with van der Waals surface area (Å²) in [7, 11) is 0. The van der Waals surface area contributed by atoms with Crippen LogP contribution in [0.15, 0.2) is 30.3 Å². The zero-order valence-electron chi connectivity index (χ0n) is 11.3. The Morgan fingerprint density at radius 1 is 1.37 bits per heavy atom. The third-order valence-corrected chi connectivity index (χ3v) is 4.46. The highest BCUT2D eigenvalue weighted by atomic mass is 32.2. The monoisotopic (exact) mass is 279 g/mol. The minimum Gasteiger partial charge on any atom is -0.481 e. The Balaban J connectivity index is 2.03. The van der Waals surface area contributed by atoms with E-state index in [0.29, 0.717) is 6.54 Å². The number of likely N-dealkylation sites (tertiary alicyclic amines) is 1. The molecule has 1 fully saturated rings. The number of nitrogens with zero attached hydrogens (tertiary/aromatic N) is 1. The zero-order valence-corrected chi connectivity index (χ0v) is 12.1. The first-order valence-corrected chi connectivity index (χ1v) is 8.11. The maximum Gasteiger partial charge on any atom is 0.308 e. The first-order chi connectivity index (χ1) is 9.22. The first-order valence-electron chi connectivity index (χ1n) is 6.71. The van der Waals surface area contributed by atoms with Crippen molar-refractivity contribution in [2.75, 3.05) is 31.6 Å². The Labute approximate surface area is 119 Å². The Morgan fingerprint density at radius 2 is 2.11 bits per heavy atom. The van der Waals surface area contributed by atoms with E-state index in [9.17, 15) is 9.90 Å². The van der Waals surface area contributed by atoms with E-state index in [1.807, 2.05) is 42.1 Å². The predicted molar refractivity (Wildman–Crippen MR) is 79.7 cm³/mol. The summed E-state index contributed by atoms with van der Waals surface area (Å²) in [6, 6.07) is 10.1. The summed E-state index contributed by atoms with van der Waals surface area (Å²) < 4.78 is 0. The van der Waals surface area contributed by atoms with Gasteiger partial charge in [-0.2, -0.15) is 11.8 Å². The Hall–Kier alpha value is -1.00. The molecule has 0 unspecified atom stereocenters. The topological polar surface area (TPSA) is 40.5 Å². The summed E-state index contributed by atoms with van der Waals surface area (Å²) in [6.45, 7) is 2.56. The van der Waals surface area contributed by atoms with Gasteiger partial charge in [0.05, 0.1) is 5.92 Å². The van der Waals surface area contributed by atoms with Gasteiger partial charge >= 0.3 is 5.97 Å². The molecule has 2 rings (SSSR count). The Kier molecular flexibility index (Phi) is 5.28. The molecule has 0 radical (unpaired) electrons. The van der Waals surface area contributed by atoms with Crippen LogP contribution in [0.3, 0.4) is 0 Å². The third kappa shape index (κ3) is 3.74. The molecule has 0 spiro atoms. The molecule has 0 saturated carbocycles. The second kappa shape index (κ2) is 6.96. The van der Waals surface area contributed by atoms with E-state index < -0.39 is 5.97 Å². The fourth-order valence-electron chi connectivity index (χ4n) is 2.79. The highest BCUT2D eigenvalue weighted by Crippen LogP contribution is 2.32. The minimum atomic E-state index is -0.666. The van der Waals surface area contributed by atoms with Crippen molar-refractivity contribution in [3.8, 4) is 0 Å². The van der Waals surface area contributed by atoms with Gasteiger partial charge in [0, 0.05) is 19.0 Å². The molecule has 0 aliphatic carbocycles. The molecule has 1 aromatic rings. The van der Waals surface area contributed by atoms with Gasteiger partial charge in [0.1, 0.15) is 0 Å². The highest BCUT2D eigenvalue weighted by molar-refractivity contribution is 7.98. The van der Waals surface area contributed by atoms with E-state index in [1.165, 1.54) is 0 Å². The zero-order chi connectivity index (χ0) is 13.7. The third-order valence-electron chi connectivity index (χ3n) is 3.76. The van der Waals surface area contributed by atoms with Crippen LogP contribution in [0.2, 0.25) is 0 Å². The largest absolute Gasteiger partial charge is 0.481 e. The molecular weight excluding hydrogens is 258 g/mol. The van der Waals surface area contributed by atoms with Gasteiger partial charge in [-0.15, -0.1) is 0 Å². The molecule has 2 atom stereocenters. The summed E-state index contributed by atoms with van der Waals surface area (Å²) in [5, 5.41) is 9.40. The Morgan fingerprint density at radius 3 is 2.74 bits per heavy atom. The average Bonchev–Trinajstić information content (AvgIpc) is 2.84. The Bertz CT molecular complexity index is 410. The van der Waals surface area contributed by atoms with E-state index in [0.717, 1.165) is 30.8 Å². The average molecular weight is 279 g/mol. The smallest absolute Gasteiger partial charge is 0.308 e. The molecule has 0 amide bonds. The lowest BCUT2D eigenvalue weighted by molar-refractivity contribution is -0.141. The van der Waals surface area contributed by atoms with Gasteiger partial charge in [0.2, 0.25) is 0 Å². The van der Waals surface area contributed by atoms with E-state index >= 15 is 0 Å². The van der Waals surface area contributed by atoms with Crippen molar-refractivity contribution in [3.63, 3.8) is 0 Å². The predicted octanol–water partition coefficient (Wildman–Crippen LogP) is 2.54. The van der Waals surface area contributed by atoms with Crippen molar-refractivity contribution < 1.29 is 9.90 Å². The molecule has 19 heavy (non-hydrogen) atoms. The van der Waals surface area contributed by atoms with Crippen LogP contribution in [-0.4, -0.2) is 47.6 Å². The number of rotatable bonds is 6. The van der Waals surface area contributed by atoms with Crippen molar-refractivity contribution in [2.24, 2.45) is 5.92 Å². The number of carboxylic acids is 1. The number of benzene rings is 1. The maximum absolute atomic E-state index is 11.4. The molecule has 1 aromatic carbocycles. The van der Waals surface area contributed by atoms with Gasteiger partial charge in [-0.05, 0) is 30.5 Å². The molecule has 4 heteroatoms.